The molecule has 1 saturated heterocycles. The minimum atomic E-state index is -1.18. The number of alkyl halides is 1. The van der Waals surface area contributed by atoms with E-state index in [1.807, 2.05) is 0 Å². The van der Waals surface area contributed by atoms with Crippen molar-refractivity contribution in [1.29, 1.82) is 0 Å². The molecule has 0 aromatic heterocycles. The predicted molar refractivity (Wildman–Crippen MR) is 75.2 cm³/mol. The van der Waals surface area contributed by atoms with E-state index in [1.54, 1.807) is 0 Å². The van der Waals surface area contributed by atoms with Gasteiger partial charge >= 0.3 is 17.9 Å². The Morgan fingerprint density at radius 2 is 1.70 bits per heavy atom. The minimum absolute atomic E-state index is 0.277. The summed E-state index contributed by atoms with van der Waals surface area (Å²) in [6.45, 7) is 3.20. The largest absolute Gasteiger partial charge is 0.463 e. The highest BCUT2D eigenvalue weighted by Crippen LogP contribution is 2.30. The number of ether oxygens (including phenoxy) is 4. The summed E-state index contributed by atoms with van der Waals surface area (Å²) < 4.78 is 20.3. The molecule has 0 aromatic carbocycles. The maximum absolute atomic E-state index is 11.3. The highest BCUT2D eigenvalue weighted by Gasteiger charge is 2.49. The smallest absolute Gasteiger partial charge is 0.303 e. The van der Waals surface area contributed by atoms with Crippen LogP contribution in [0.4, 0.5) is 0 Å². The highest BCUT2D eigenvalue weighted by molar-refractivity contribution is 6.20. The number of hydrogen-bond acceptors (Lipinski definition) is 8. The average molecular weight is 350 g/mol. The molecule has 128 valence electrons. The van der Waals surface area contributed by atoms with Crippen LogP contribution in [0.3, 0.4) is 0 Å². The van der Waals surface area contributed by atoms with E-state index >= 15 is 0 Å². The SMILES string of the molecule is CC(=O)OCC1O[C@@H](Cl)[C@@H](OC(C)=O)C(N=[N+]=[N-])[C@H]1OC(C)=O. The minimum Gasteiger partial charge on any atom is -0.463 e. The van der Waals surface area contributed by atoms with Gasteiger partial charge < -0.3 is 18.9 Å². The number of halogens is 1. The summed E-state index contributed by atoms with van der Waals surface area (Å²) in [6, 6.07) is -1.13. The van der Waals surface area contributed by atoms with Crippen molar-refractivity contribution in [3.63, 3.8) is 0 Å². The summed E-state index contributed by atoms with van der Waals surface area (Å²) in [5.41, 5.74) is 7.54. The molecule has 1 aliphatic rings. The molecule has 0 N–H and O–H groups in total. The molecule has 23 heavy (non-hydrogen) atoms. The Balaban J connectivity index is 3.09. The van der Waals surface area contributed by atoms with Gasteiger partial charge in [0.2, 0.25) is 0 Å². The fraction of sp³-hybridized carbons (Fsp3) is 0.750. The zero-order valence-corrected chi connectivity index (χ0v) is 13.4. The second-order valence-electron chi connectivity index (χ2n) is 4.67. The Morgan fingerprint density at radius 1 is 1.13 bits per heavy atom. The van der Waals surface area contributed by atoms with E-state index in [2.05, 4.69) is 10.0 Å². The normalized spacial score (nSPS) is 29.8. The van der Waals surface area contributed by atoms with E-state index in [0.717, 1.165) is 13.8 Å². The molecule has 11 heteroatoms. The Hall–Kier alpha value is -2.03. The fourth-order valence-corrected chi connectivity index (χ4v) is 2.39. The van der Waals surface area contributed by atoms with Gasteiger partial charge in [-0.3, -0.25) is 14.4 Å². The van der Waals surface area contributed by atoms with Gasteiger partial charge in [0.1, 0.15) is 24.9 Å². The molecule has 0 aromatic rings. The van der Waals surface area contributed by atoms with Gasteiger partial charge in [0.05, 0.1) is 0 Å². The lowest BCUT2D eigenvalue weighted by Gasteiger charge is -2.41. The van der Waals surface area contributed by atoms with Crippen molar-refractivity contribution < 1.29 is 33.3 Å². The first-order valence-electron chi connectivity index (χ1n) is 6.57. The third kappa shape index (κ3) is 5.59. The van der Waals surface area contributed by atoms with E-state index in [0.29, 0.717) is 0 Å². The number of esters is 3. The quantitative estimate of drug-likeness (QED) is 0.180. The standard InChI is InChI=1S/C12H16ClN3O7/c1-5(17)20-4-8-10(21-6(2)18)9(15-16-14)11(12(13)23-8)22-7(3)19/h8-12H,4H2,1-3H3/t8?,9?,10-,11-,12+/m0/s1. The van der Waals surface area contributed by atoms with Gasteiger partial charge in [-0.2, -0.15) is 0 Å². The molecule has 1 rings (SSSR count). The molecular formula is C12H16ClN3O7. The molecular weight excluding hydrogens is 334 g/mol. The Bertz CT molecular complexity index is 523. The molecule has 0 radical (unpaired) electrons. The number of carbonyl (C=O) groups excluding carboxylic acids is 3. The summed E-state index contributed by atoms with van der Waals surface area (Å²) in [5, 5.41) is 3.50. The van der Waals surface area contributed by atoms with E-state index in [1.165, 1.54) is 6.92 Å². The zero-order chi connectivity index (χ0) is 17.6. The van der Waals surface area contributed by atoms with Crippen LogP contribution < -0.4 is 0 Å². The highest BCUT2D eigenvalue weighted by atomic mass is 35.5. The van der Waals surface area contributed by atoms with Crippen LogP contribution in [0.5, 0.6) is 0 Å². The van der Waals surface area contributed by atoms with Crippen molar-refractivity contribution in [2.45, 2.75) is 50.7 Å². The van der Waals surface area contributed by atoms with Gasteiger partial charge in [-0.05, 0) is 5.53 Å². The second-order valence-corrected chi connectivity index (χ2v) is 5.10. The number of rotatable bonds is 5. The van der Waals surface area contributed by atoms with Crippen LogP contribution in [-0.4, -0.2) is 54.4 Å². The fourth-order valence-electron chi connectivity index (χ4n) is 2.06. The topological polar surface area (TPSA) is 137 Å². The first-order valence-corrected chi connectivity index (χ1v) is 7.01. The van der Waals surface area contributed by atoms with E-state index < -0.39 is 47.8 Å². The summed E-state index contributed by atoms with van der Waals surface area (Å²) >= 11 is 6.01. The summed E-state index contributed by atoms with van der Waals surface area (Å²) in [4.78, 5) is 36.1. The van der Waals surface area contributed by atoms with Crippen LogP contribution in [0, 0.1) is 0 Å². The average Bonchev–Trinajstić information content (AvgIpc) is 2.43. The molecule has 1 aliphatic heterocycles. The van der Waals surface area contributed by atoms with E-state index in [-0.39, 0.29) is 6.61 Å². The van der Waals surface area contributed by atoms with Crippen LogP contribution in [0.1, 0.15) is 20.8 Å². The first kappa shape index (κ1) is 19.0. The van der Waals surface area contributed by atoms with E-state index in [4.69, 9.17) is 36.1 Å². The van der Waals surface area contributed by atoms with Gasteiger partial charge in [-0.25, -0.2) is 0 Å². The Labute approximate surface area is 136 Å². The van der Waals surface area contributed by atoms with Crippen LogP contribution >= 0.6 is 11.6 Å². The number of carbonyl (C=O) groups is 3. The molecule has 5 atom stereocenters. The van der Waals surface area contributed by atoms with Crippen LogP contribution in [0.2, 0.25) is 0 Å². The second kappa shape index (κ2) is 8.56. The van der Waals surface area contributed by atoms with E-state index in [9.17, 15) is 14.4 Å². The molecule has 1 fully saturated rings. The van der Waals surface area contributed by atoms with Gasteiger partial charge in [-0.1, -0.05) is 16.7 Å². The molecule has 10 nitrogen and oxygen atoms in total. The van der Waals surface area contributed by atoms with Crippen molar-refractivity contribution in [2.75, 3.05) is 6.61 Å². The summed E-state index contributed by atoms with van der Waals surface area (Å²) in [6.07, 6.45) is -3.28. The predicted octanol–water partition coefficient (Wildman–Crippen LogP) is 1.06. The van der Waals surface area contributed by atoms with Crippen molar-refractivity contribution in [2.24, 2.45) is 5.11 Å². The molecule has 0 spiro atoms. The molecule has 0 bridgehead atoms. The Morgan fingerprint density at radius 3 is 2.17 bits per heavy atom. The van der Waals surface area contributed by atoms with Gasteiger partial charge in [-0.15, -0.1) is 0 Å². The lowest BCUT2D eigenvalue weighted by Crippen LogP contribution is -2.59. The number of nitrogens with zero attached hydrogens (tertiary/aromatic N) is 3. The first-order chi connectivity index (χ1) is 10.8. The van der Waals surface area contributed by atoms with Crippen LogP contribution in [0.15, 0.2) is 5.11 Å². The van der Waals surface area contributed by atoms with Gasteiger partial charge in [0.15, 0.2) is 11.7 Å². The monoisotopic (exact) mass is 349 g/mol. The van der Waals surface area contributed by atoms with Crippen LogP contribution in [-0.2, 0) is 33.3 Å². The van der Waals surface area contributed by atoms with Crippen molar-refractivity contribution in [1.82, 2.24) is 0 Å². The molecule has 1 heterocycles. The summed E-state index contributed by atoms with van der Waals surface area (Å²) in [5.74, 6) is -1.94. The molecule has 0 aliphatic carbocycles. The summed E-state index contributed by atoms with van der Waals surface area (Å²) in [7, 11) is 0. The van der Waals surface area contributed by atoms with Gasteiger partial charge in [0, 0.05) is 25.7 Å². The Kier molecular flexibility index (Phi) is 7.08. The third-order valence-electron chi connectivity index (χ3n) is 2.84. The maximum atomic E-state index is 11.3. The van der Waals surface area contributed by atoms with Crippen LogP contribution in [0.25, 0.3) is 10.4 Å². The molecule has 0 amide bonds. The van der Waals surface area contributed by atoms with Gasteiger partial charge in [0.25, 0.3) is 0 Å². The lowest BCUT2D eigenvalue weighted by molar-refractivity contribution is -0.202. The van der Waals surface area contributed by atoms with Crippen molar-refractivity contribution in [3.05, 3.63) is 10.4 Å². The lowest BCUT2D eigenvalue weighted by atomic mass is 9.97. The molecule has 0 saturated carbocycles. The van der Waals surface area contributed by atoms with Crippen molar-refractivity contribution in [3.8, 4) is 0 Å². The third-order valence-corrected chi connectivity index (χ3v) is 3.19. The number of hydrogen-bond donors (Lipinski definition) is 0. The molecule has 2 unspecified atom stereocenters. The zero-order valence-electron chi connectivity index (χ0n) is 12.7. The van der Waals surface area contributed by atoms with Crippen molar-refractivity contribution >= 4 is 29.5 Å². The maximum Gasteiger partial charge on any atom is 0.303 e. The number of azide groups is 1.